The van der Waals surface area contributed by atoms with Gasteiger partial charge in [0.25, 0.3) is 0 Å². The molecule has 0 radical (unpaired) electrons. The fourth-order valence-electron chi connectivity index (χ4n) is 12.9. The standard InChI is InChI=1S/C46H58O7/c1-31-36(47)19-20-43(6)45(31,38(49)52-29-32-14-10-8-11-15-32)27-24-42(5)41(4)23-26-44(37(48)51-7)25-22-40(2,3)28-35(44)34(41)18-21-46(42,43)39(50)53-30-33-16-12-9-13-17-33/h8-18,31,35H,19-30H2,1-7H3/t31-,35?,41-,42+,43+,44+,45?,46?/m1/s1. The third-order valence-electron chi connectivity index (χ3n) is 16.3. The molecule has 0 N–H and O–H groups in total. The molecular weight excluding hydrogens is 664 g/mol. The van der Waals surface area contributed by atoms with Gasteiger partial charge in [0, 0.05) is 17.8 Å². The van der Waals surface area contributed by atoms with Crippen LogP contribution in [0.1, 0.15) is 117 Å². The molecule has 284 valence electrons. The van der Waals surface area contributed by atoms with Crippen LogP contribution in [0.15, 0.2) is 72.3 Å². The Morgan fingerprint density at radius 2 is 1.28 bits per heavy atom. The molecule has 5 aliphatic rings. The van der Waals surface area contributed by atoms with Gasteiger partial charge in [0.15, 0.2) is 0 Å². The molecule has 2 aromatic rings. The number of esters is 3. The van der Waals surface area contributed by atoms with Gasteiger partial charge in [0.2, 0.25) is 0 Å². The SMILES string of the molecule is COC(=O)[C@]12CCC(C)(C)CC1C1=CCC3(C(=O)OCc4ccccc4)[C@@]4(C)CCC(=O)[C@@H](C)C4(C(=O)OCc4ccccc4)CC[C@@]3(C)[C@]1(C)CC2. The molecule has 0 bridgehead atoms. The van der Waals surface area contributed by atoms with Gasteiger partial charge in [0.05, 0.1) is 23.4 Å². The number of benzene rings is 2. The van der Waals surface area contributed by atoms with Crippen LogP contribution in [-0.4, -0.2) is 30.8 Å². The van der Waals surface area contributed by atoms with E-state index in [-0.39, 0.29) is 48.7 Å². The molecule has 8 atom stereocenters. The Bertz CT molecular complexity index is 1810. The number of Topliss-reactive ketones (excluding diaryl/α,β-unsaturated/α-hetero) is 1. The van der Waals surface area contributed by atoms with Crippen molar-refractivity contribution in [3.8, 4) is 0 Å². The van der Waals surface area contributed by atoms with Gasteiger partial charge in [-0.1, -0.05) is 114 Å². The van der Waals surface area contributed by atoms with Crippen molar-refractivity contribution in [1.82, 2.24) is 0 Å². The summed E-state index contributed by atoms with van der Waals surface area (Å²) in [6.07, 6.45) is 8.26. The van der Waals surface area contributed by atoms with E-state index in [0.717, 1.165) is 30.4 Å². The van der Waals surface area contributed by atoms with E-state index in [4.69, 9.17) is 14.2 Å². The second-order valence-corrected chi connectivity index (χ2v) is 18.6. The van der Waals surface area contributed by atoms with Crippen molar-refractivity contribution < 1.29 is 33.4 Å². The fraction of sp³-hybridized carbons (Fsp3) is 0.609. The quantitative estimate of drug-likeness (QED) is 0.160. The summed E-state index contributed by atoms with van der Waals surface area (Å²) >= 11 is 0. The minimum absolute atomic E-state index is 0.0187. The number of ether oxygens (including phenoxy) is 3. The minimum atomic E-state index is -1.23. The largest absolute Gasteiger partial charge is 0.469 e. The molecule has 7 nitrogen and oxygen atoms in total. The monoisotopic (exact) mass is 722 g/mol. The van der Waals surface area contributed by atoms with Gasteiger partial charge in [-0.25, -0.2) is 0 Å². The van der Waals surface area contributed by atoms with E-state index in [2.05, 4.69) is 40.7 Å². The first kappa shape index (κ1) is 37.6. The number of methoxy groups -OCH3 is 1. The van der Waals surface area contributed by atoms with Gasteiger partial charge in [0.1, 0.15) is 19.0 Å². The Morgan fingerprint density at radius 3 is 1.89 bits per heavy atom. The number of hydrogen-bond acceptors (Lipinski definition) is 7. The van der Waals surface area contributed by atoms with Gasteiger partial charge < -0.3 is 14.2 Å². The Morgan fingerprint density at radius 1 is 0.698 bits per heavy atom. The lowest BCUT2D eigenvalue weighted by Crippen LogP contribution is -2.75. The third kappa shape index (κ3) is 5.10. The number of rotatable bonds is 7. The predicted molar refractivity (Wildman–Crippen MR) is 202 cm³/mol. The topological polar surface area (TPSA) is 96.0 Å². The van der Waals surface area contributed by atoms with E-state index in [1.807, 2.05) is 67.6 Å². The smallest absolute Gasteiger partial charge is 0.313 e. The Hall–Kier alpha value is -3.74. The molecule has 0 amide bonds. The maximum atomic E-state index is 15.6. The van der Waals surface area contributed by atoms with Crippen molar-refractivity contribution in [3.63, 3.8) is 0 Å². The molecule has 5 aliphatic carbocycles. The van der Waals surface area contributed by atoms with E-state index in [9.17, 15) is 14.4 Å². The second-order valence-electron chi connectivity index (χ2n) is 18.6. The molecule has 7 rings (SSSR count). The summed E-state index contributed by atoms with van der Waals surface area (Å²) in [4.78, 5) is 58.3. The van der Waals surface area contributed by atoms with Crippen LogP contribution in [0, 0.1) is 49.7 Å². The molecule has 0 heterocycles. The van der Waals surface area contributed by atoms with E-state index in [1.165, 1.54) is 12.7 Å². The lowest BCUT2D eigenvalue weighted by Gasteiger charge is -2.75. The summed E-state index contributed by atoms with van der Waals surface area (Å²) in [7, 11) is 1.51. The molecule has 4 saturated carbocycles. The fourth-order valence-corrected chi connectivity index (χ4v) is 12.9. The second kappa shape index (κ2) is 12.9. The molecule has 4 fully saturated rings. The van der Waals surface area contributed by atoms with Crippen LogP contribution < -0.4 is 0 Å². The molecular formula is C46H58O7. The summed E-state index contributed by atoms with van der Waals surface area (Å²) in [5, 5.41) is 0. The summed E-state index contributed by atoms with van der Waals surface area (Å²) < 4.78 is 18.3. The third-order valence-corrected chi connectivity index (χ3v) is 16.3. The van der Waals surface area contributed by atoms with E-state index in [0.29, 0.717) is 38.5 Å². The van der Waals surface area contributed by atoms with Crippen LogP contribution in [0.5, 0.6) is 0 Å². The van der Waals surface area contributed by atoms with Crippen molar-refractivity contribution in [3.05, 3.63) is 83.4 Å². The van der Waals surface area contributed by atoms with Crippen molar-refractivity contribution in [2.45, 2.75) is 119 Å². The highest BCUT2D eigenvalue weighted by molar-refractivity contribution is 5.94. The Labute approximate surface area is 315 Å². The number of hydrogen-bond donors (Lipinski definition) is 0. The lowest BCUT2D eigenvalue weighted by molar-refractivity contribution is -0.267. The van der Waals surface area contributed by atoms with Gasteiger partial charge in [-0.3, -0.25) is 19.2 Å². The molecule has 0 spiro atoms. The summed E-state index contributed by atoms with van der Waals surface area (Å²) in [6.45, 7) is 13.4. The number of fused-ring (bicyclic) bond motifs is 7. The zero-order chi connectivity index (χ0) is 38.1. The maximum absolute atomic E-state index is 15.6. The molecule has 0 saturated heterocycles. The molecule has 3 unspecified atom stereocenters. The van der Waals surface area contributed by atoms with Crippen molar-refractivity contribution in [2.24, 2.45) is 49.7 Å². The zero-order valence-electron chi connectivity index (χ0n) is 32.8. The zero-order valence-corrected chi connectivity index (χ0v) is 32.8. The summed E-state index contributed by atoms with van der Waals surface area (Å²) in [5.74, 6) is -1.44. The van der Waals surface area contributed by atoms with E-state index < -0.39 is 44.4 Å². The average Bonchev–Trinajstić information content (AvgIpc) is 3.15. The van der Waals surface area contributed by atoms with E-state index in [1.54, 1.807) is 0 Å². The molecule has 0 aliphatic heterocycles. The first-order valence-corrected chi connectivity index (χ1v) is 19.8. The number of allylic oxidation sites excluding steroid dienone is 2. The van der Waals surface area contributed by atoms with Crippen LogP contribution in [0.3, 0.4) is 0 Å². The first-order chi connectivity index (χ1) is 25.1. The Balaban J connectivity index is 1.41. The van der Waals surface area contributed by atoms with Crippen molar-refractivity contribution in [1.29, 1.82) is 0 Å². The summed E-state index contributed by atoms with van der Waals surface area (Å²) in [6, 6.07) is 19.4. The van der Waals surface area contributed by atoms with Crippen LogP contribution in [-0.2, 0) is 46.6 Å². The highest BCUT2D eigenvalue weighted by Gasteiger charge is 2.82. The number of carbonyl (C=O) groups excluding carboxylic acids is 4. The van der Waals surface area contributed by atoms with Gasteiger partial charge in [-0.05, 0) is 91.1 Å². The normalized spacial score (nSPS) is 38.5. The lowest BCUT2D eigenvalue weighted by atomic mass is 9.26. The van der Waals surface area contributed by atoms with Crippen LogP contribution >= 0.6 is 0 Å². The first-order valence-electron chi connectivity index (χ1n) is 19.8. The molecule has 2 aromatic carbocycles. The van der Waals surface area contributed by atoms with Crippen LogP contribution in [0.25, 0.3) is 0 Å². The van der Waals surface area contributed by atoms with Crippen LogP contribution in [0.4, 0.5) is 0 Å². The van der Waals surface area contributed by atoms with Crippen LogP contribution in [0.2, 0.25) is 0 Å². The summed E-state index contributed by atoms with van der Waals surface area (Å²) in [5.41, 5.74) is -2.06. The van der Waals surface area contributed by atoms with Crippen molar-refractivity contribution >= 4 is 23.7 Å². The van der Waals surface area contributed by atoms with Gasteiger partial charge in [-0.2, -0.15) is 0 Å². The van der Waals surface area contributed by atoms with Gasteiger partial charge in [-0.15, -0.1) is 0 Å². The number of carbonyl (C=O) groups is 4. The van der Waals surface area contributed by atoms with Crippen molar-refractivity contribution in [2.75, 3.05) is 7.11 Å². The molecule has 53 heavy (non-hydrogen) atoms. The van der Waals surface area contributed by atoms with E-state index >= 15 is 4.79 Å². The highest BCUT2D eigenvalue weighted by atomic mass is 16.5. The molecule has 0 aromatic heterocycles. The molecule has 7 heteroatoms. The average molecular weight is 723 g/mol. The van der Waals surface area contributed by atoms with Gasteiger partial charge >= 0.3 is 17.9 Å². The maximum Gasteiger partial charge on any atom is 0.313 e. The predicted octanol–water partition coefficient (Wildman–Crippen LogP) is 9.37. The minimum Gasteiger partial charge on any atom is -0.469 e. The Kier molecular flexibility index (Phi) is 9.17. The highest BCUT2D eigenvalue weighted by Crippen LogP contribution is 2.82. The number of ketones is 1.